The van der Waals surface area contributed by atoms with Crippen LogP contribution in [0.3, 0.4) is 0 Å². The maximum atomic E-state index is 13.0. The third-order valence-electron chi connectivity index (χ3n) is 3.50. The highest BCUT2D eigenvalue weighted by molar-refractivity contribution is 5.92. The summed E-state index contributed by atoms with van der Waals surface area (Å²) in [7, 11) is 0. The van der Waals surface area contributed by atoms with Crippen LogP contribution in [-0.2, 0) is 6.18 Å². The quantitative estimate of drug-likeness (QED) is 0.734. The number of nitrogens with zero attached hydrogens (tertiary/aromatic N) is 2. The molecule has 0 aliphatic rings. The lowest BCUT2D eigenvalue weighted by molar-refractivity contribution is -0.144. The lowest BCUT2D eigenvalue weighted by atomic mass is 10.1. The second-order valence-electron chi connectivity index (χ2n) is 5.42. The molecule has 0 unspecified atom stereocenters. The zero-order chi connectivity index (χ0) is 18.2. The number of carboxylic acid groups (broad SMARTS) is 1. The van der Waals surface area contributed by atoms with Gasteiger partial charge in [-0.2, -0.15) is 13.2 Å². The van der Waals surface area contributed by atoms with E-state index in [9.17, 15) is 18.0 Å². The lowest BCUT2D eigenvalue weighted by Gasteiger charge is -2.13. The summed E-state index contributed by atoms with van der Waals surface area (Å²) in [5.74, 6) is -2.33. The van der Waals surface area contributed by atoms with Gasteiger partial charge < -0.3 is 10.4 Å². The molecule has 0 spiro atoms. The van der Waals surface area contributed by atoms with E-state index in [-0.39, 0.29) is 16.9 Å². The van der Waals surface area contributed by atoms with Gasteiger partial charge in [-0.05, 0) is 43.3 Å². The zero-order valence-electron chi connectivity index (χ0n) is 12.9. The fourth-order valence-corrected chi connectivity index (χ4v) is 2.30. The molecule has 128 valence electrons. The molecular formula is C17H12F3N3O2. The van der Waals surface area contributed by atoms with E-state index in [0.29, 0.717) is 11.1 Å². The monoisotopic (exact) mass is 347 g/mol. The van der Waals surface area contributed by atoms with Crippen LogP contribution in [0.1, 0.15) is 21.7 Å². The van der Waals surface area contributed by atoms with E-state index in [0.717, 1.165) is 5.56 Å². The Labute approximate surface area is 140 Å². The Balaban J connectivity index is 2.09. The molecular weight excluding hydrogens is 335 g/mol. The topological polar surface area (TPSA) is 75.1 Å². The summed E-state index contributed by atoms with van der Waals surface area (Å²) in [6, 6.07) is 10.5. The number of aromatic nitrogens is 2. The molecule has 25 heavy (non-hydrogen) atoms. The molecule has 0 saturated carbocycles. The van der Waals surface area contributed by atoms with Crippen LogP contribution in [0.4, 0.5) is 24.7 Å². The maximum absolute atomic E-state index is 13.0. The number of aromatic carboxylic acids is 1. The van der Waals surface area contributed by atoms with E-state index in [1.54, 1.807) is 12.1 Å². The number of carbonyl (C=O) groups is 1. The van der Waals surface area contributed by atoms with Crippen molar-refractivity contribution in [2.24, 2.45) is 0 Å². The number of aryl methyl sites for hydroxylation is 1. The second-order valence-corrected chi connectivity index (χ2v) is 5.42. The molecule has 0 fully saturated rings. The van der Waals surface area contributed by atoms with Crippen LogP contribution in [0, 0.1) is 6.92 Å². The Morgan fingerprint density at radius 3 is 2.36 bits per heavy atom. The van der Waals surface area contributed by atoms with Gasteiger partial charge in [-0.15, -0.1) is 0 Å². The van der Waals surface area contributed by atoms with Gasteiger partial charge in [0.2, 0.25) is 5.82 Å². The average Bonchev–Trinajstić information content (AvgIpc) is 2.54. The summed E-state index contributed by atoms with van der Waals surface area (Å²) in [5.41, 5.74) is 1.50. The van der Waals surface area contributed by atoms with Gasteiger partial charge in [0, 0.05) is 11.1 Å². The maximum Gasteiger partial charge on any atom is 0.451 e. The molecule has 0 saturated heterocycles. The number of hydrogen-bond donors (Lipinski definition) is 2. The number of hydrogen-bond acceptors (Lipinski definition) is 4. The molecule has 3 aromatic rings. The standard InChI is InChI=1S/C17H12F3N3O2/c1-9-2-7-13-12(8-9)14(23-16(22-13)17(18,19)20)21-11-5-3-10(4-6-11)15(24)25/h2-8H,1H3,(H,24,25)(H,21,22,23). The Hall–Kier alpha value is -3.16. The van der Waals surface area contributed by atoms with Crippen molar-refractivity contribution in [3.05, 3.63) is 59.4 Å². The number of rotatable bonds is 3. The number of halogens is 3. The summed E-state index contributed by atoms with van der Waals surface area (Å²) in [6.07, 6.45) is -4.68. The van der Waals surface area contributed by atoms with Gasteiger partial charge in [0.15, 0.2) is 0 Å². The Kier molecular flexibility index (Phi) is 4.03. The van der Waals surface area contributed by atoms with Crippen LogP contribution in [0.15, 0.2) is 42.5 Å². The molecule has 0 radical (unpaired) electrons. The molecule has 1 heterocycles. The summed E-state index contributed by atoms with van der Waals surface area (Å²) >= 11 is 0. The van der Waals surface area contributed by atoms with Gasteiger partial charge in [-0.25, -0.2) is 14.8 Å². The zero-order valence-corrected chi connectivity index (χ0v) is 12.9. The Bertz CT molecular complexity index is 954. The highest BCUT2D eigenvalue weighted by Crippen LogP contribution is 2.31. The first-order valence-corrected chi connectivity index (χ1v) is 7.20. The Morgan fingerprint density at radius 1 is 1.08 bits per heavy atom. The first-order valence-electron chi connectivity index (χ1n) is 7.20. The van der Waals surface area contributed by atoms with Crippen LogP contribution in [0.25, 0.3) is 10.9 Å². The number of benzene rings is 2. The first-order chi connectivity index (χ1) is 11.7. The van der Waals surface area contributed by atoms with Crippen molar-refractivity contribution in [2.45, 2.75) is 13.1 Å². The number of alkyl halides is 3. The highest BCUT2D eigenvalue weighted by atomic mass is 19.4. The minimum Gasteiger partial charge on any atom is -0.478 e. The molecule has 2 aromatic carbocycles. The number of fused-ring (bicyclic) bond motifs is 1. The van der Waals surface area contributed by atoms with Crippen LogP contribution in [0.5, 0.6) is 0 Å². The smallest absolute Gasteiger partial charge is 0.451 e. The molecule has 2 N–H and O–H groups in total. The summed E-state index contributed by atoms with van der Waals surface area (Å²) in [6.45, 7) is 1.81. The van der Waals surface area contributed by atoms with Gasteiger partial charge in [-0.3, -0.25) is 0 Å². The van der Waals surface area contributed by atoms with Gasteiger partial charge in [0.25, 0.3) is 0 Å². The third kappa shape index (κ3) is 3.52. The van der Waals surface area contributed by atoms with E-state index in [1.807, 2.05) is 6.92 Å². The van der Waals surface area contributed by atoms with Crippen molar-refractivity contribution in [3.63, 3.8) is 0 Å². The van der Waals surface area contributed by atoms with Crippen molar-refractivity contribution in [1.82, 2.24) is 9.97 Å². The minimum atomic E-state index is -4.68. The Morgan fingerprint density at radius 2 is 1.76 bits per heavy atom. The molecule has 0 aliphatic carbocycles. The van der Waals surface area contributed by atoms with Crippen molar-refractivity contribution in [2.75, 3.05) is 5.32 Å². The molecule has 0 aliphatic heterocycles. The van der Waals surface area contributed by atoms with Crippen molar-refractivity contribution in [1.29, 1.82) is 0 Å². The fraction of sp³-hybridized carbons (Fsp3) is 0.118. The van der Waals surface area contributed by atoms with E-state index < -0.39 is 18.0 Å². The SMILES string of the molecule is Cc1ccc2nc(C(F)(F)F)nc(Nc3ccc(C(=O)O)cc3)c2c1. The summed E-state index contributed by atoms with van der Waals surface area (Å²) in [4.78, 5) is 18.0. The third-order valence-corrected chi connectivity index (χ3v) is 3.50. The minimum absolute atomic E-state index is 0.00380. The van der Waals surface area contributed by atoms with Gasteiger partial charge in [0.05, 0.1) is 11.1 Å². The van der Waals surface area contributed by atoms with Crippen LogP contribution >= 0.6 is 0 Å². The van der Waals surface area contributed by atoms with Gasteiger partial charge in [-0.1, -0.05) is 11.6 Å². The van der Waals surface area contributed by atoms with Crippen LogP contribution < -0.4 is 5.32 Å². The van der Waals surface area contributed by atoms with Gasteiger partial charge in [0.1, 0.15) is 5.82 Å². The van der Waals surface area contributed by atoms with Gasteiger partial charge >= 0.3 is 12.1 Å². The summed E-state index contributed by atoms with van der Waals surface area (Å²) < 4.78 is 39.1. The van der Waals surface area contributed by atoms with E-state index >= 15 is 0 Å². The molecule has 8 heteroatoms. The molecule has 3 rings (SSSR count). The van der Waals surface area contributed by atoms with Crippen LogP contribution in [0.2, 0.25) is 0 Å². The predicted molar refractivity (Wildman–Crippen MR) is 86.0 cm³/mol. The average molecular weight is 347 g/mol. The van der Waals surface area contributed by atoms with Crippen molar-refractivity contribution >= 4 is 28.4 Å². The van der Waals surface area contributed by atoms with E-state index in [2.05, 4.69) is 15.3 Å². The fourth-order valence-electron chi connectivity index (χ4n) is 2.30. The van der Waals surface area contributed by atoms with E-state index in [1.165, 1.54) is 30.3 Å². The lowest BCUT2D eigenvalue weighted by Crippen LogP contribution is -2.12. The van der Waals surface area contributed by atoms with Crippen molar-refractivity contribution in [3.8, 4) is 0 Å². The second kappa shape index (κ2) is 6.04. The largest absolute Gasteiger partial charge is 0.478 e. The van der Waals surface area contributed by atoms with Crippen LogP contribution in [-0.4, -0.2) is 21.0 Å². The molecule has 5 nitrogen and oxygen atoms in total. The summed E-state index contributed by atoms with van der Waals surface area (Å²) in [5, 5.41) is 12.1. The number of nitrogens with one attached hydrogen (secondary N) is 1. The predicted octanol–water partition coefficient (Wildman–Crippen LogP) is 4.40. The number of anilines is 2. The first kappa shape index (κ1) is 16.7. The number of carboxylic acids is 1. The molecule has 0 atom stereocenters. The molecule has 0 amide bonds. The van der Waals surface area contributed by atoms with Crippen molar-refractivity contribution < 1.29 is 23.1 Å². The molecule has 1 aromatic heterocycles. The van der Waals surface area contributed by atoms with E-state index in [4.69, 9.17) is 5.11 Å². The molecule has 0 bridgehead atoms. The highest BCUT2D eigenvalue weighted by Gasteiger charge is 2.35. The normalized spacial score (nSPS) is 11.5.